The number of aromatic nitrogens is 1. The van der Waals surface area contributed by atoms with Gasteiger partial charge < -0.3 is 19.5 Å². The third-order valence-electron chi connectivity index (χ3n) is 5.39. The van der Waals surface area contributed by atoms with Gasteiger partial charge in [-0.15, -0.1) is 0 Å². The van der Waals surface area contributed by atoms with Gasteiger partial charge in [0.2, 0.25) is 10.0 Å². The highest BCUT2D eigenvalue weighted by atomic mass is 35.5. The highest BCUT2D eigenvalue weighted by Gasteiger charge is 2.28. The summed E-state index contributed by atoms with van der Waals surface area (Å²) in [5.41, 5.74) is 1.68. The van der Waals surface area contributed by atoms with Crippen molar-refractivity contribution in [2.45, 2.75) is 24.4 Å². The molecule has 0 amide bonds. The number of hydrogen-bond acceptors (Lipinski definition) is 4. The van der Waals surface area contributed by atoms with Gasteiger partial charge >= 0.3 is 0 Å². The molecule has 1 fully saturated rings. The van der Waals surface area contributed by atoms with Gasteiger partial charge in [0.25, 0.3) is 0 Å². The van der Waals surface area contributed by atoms with E-state index >= 15 is 0 Å². The summed E-state index contributed by atoms with van der Waals surface area (Å²) in [4.78, 5) is 2.28. The summed E-state index contributed by atoms with van der Waals surface area (Å²) < 4.78 is 34.8. The molecule has 2 aromatic rings. The number of benzene rings is 1. The number of thiocarbonyl (C=S) groups is 1. The van der Waals surface area contributed by atoms with Gasteiger partial charge in [0.1, 0.15) is 0 Å². The highest BCUT2D eigenvalue weighted by molar-refractivity contribution is 7.89. The van der Waals surface area contributed by atoms with Crippen molar-refractivity contribution in [3.63, 3.8) is 0 Å². The van der Waals surface area contributed by atoms with Crippen LogP contribution in [-0.2, 0) is 21.3 Å². The van der Waals surface area contributed by atoms with Crippen LogP contribution in [0.2, 0.25) is 5.02 Å². The molecule has 4 rings (SSSR count). The molecule has 0 spiro atoms. The smallest absolute Gasteiger partial charge is 0.243 e. The van der Waals surface area contributed by atoms with Crippen molar-refractivity contribution in [2.75, 3.05) is 38.2 Å². The molecule has 10 heteroatoms. The second-order valence-electron chi connectivity index (χ2n) is 7.08. The average Bonchev–Trinajstić information content (AvgIpc) is 3.20. The van der Waals surface area contributed by atoms with Crippen LogP contribution in [0.4, 0.5) is 5.69 Å². The zero-order chi connectivity index (χ0) is 20.6. The molecule has 2 aliphatic rings. The van der Waals surface area contributed by atoms with Crippen molar-refractivity contribution >= 4 is 44.6 Å². The maximum atomic E-state index is 13.0. The zero-order valence-electron chi connectivity index (χ0n) is 16.0. The first-order chi connectivity index (χ1) is 13.9. The molecule has 0 bridgehead atoms. The number of anilines is 1. The van der Waals surface area contributed by atoms with Crippen molar-refractivity contribution < 1.29 is 13.2 Å². The maximum Gasteiger partial charge on any atom is 0.243 e. The molecular weight excluding hydrogens is 432 g/mol. The molecule has 1 saturated heterocycles. The molecule has 1 atom stereocenters. The molecule has 156 valence electrons. The molecule has 1 aromatic heterocycles. The van der Waals surface area contributed by atoms with E-state index in [4.69, 9.17) is 28.6 Å². The molecule has 0 radical (unpaired) electrons. The minimum absolute atomic E-state index is 0.109. The van der Waals surface area contributed by atoms with Crippen LogP contribution < -0.4 is 5.32 Å². The Labute approximate surface area is 181 Å². The number of rotatable bonds is 3. The number of sulfonamides is 1. The van der Waals surface area contributed by atoms with Gasteiger partial charge in [0.15, 0.2) is 5.11 Å². The Morgan fingerprint density at radius 3 is 2.72 bits per heavy atom. The number of ether oxygens (including phenoxy) is 1. The molecule has 2 aliphatic heterocycles. The fourth-order valence-electron chi connectivity index (χ4n) is 3.74. The first-order valence-corrected chi connectivity index (χ1v) is 11.7. The third-order valence-corrected chi connectivity index (χ3v) is 7.95. The number of fused-ring (bicyclic) bond motifs is 1. The normalized spacial score (nSPS) is 20.3. The van der Waals surface area contributed by atoms with Crippen LogP contribution in [0.15, 0.2) is 41.4 Å². The van der Waals surface area contributed by atoms with Gasteiger partial charge in [0, 0.05) is 38.1 Å². The van der Waals surface area contributed by atoms with E-state index < -0.39 is 10.0 Å². The van der Waals surface area contributed by atoms with E-state index in [1.165, 1.54) is 16.1 Å². The van der Waals surface area contributed by atoms with Crippen molar-refractivity contribution in [3.8, 4) is 0 Å². The summed E-state index contributed by atoms with van der Waals surface area (Å²) >= 11 is 12.0. The van der Waals surface area contributed by atoms with Crippen molar-refractivity contribution in [1.82, 2.24) is 13.8 Å². The third kappa shape index (κ3) is 4.02. The Morgan fingerprint density at radius 2 is 1.97 bits per heavy atom. The highest BCUT2D eigenvalue weighted by Crippen LogP contribution is 2.30. The standard InChI is InChI=1S/C19H23ClN4O3S2/c1-14-18-3-2-6-22(18)7-8-24(14)19(28)21-17-13-15(4-5-16(17)20)29(25,26)23-9-11-27-12-10-23/h2-6,13-14H,7-12H2,1H3,(H,21,28). The zero-order valence-corrected chi connectivity index (χ0v) is 18.4. The monoisotopic (exact) mass is 454 g/mol. The largest absolute Gasteiger partial charge is 0.379 e. The number of morpholine rings is 1. The van der Waals surface area contributed by atoms with E-state index in [0.29, 0.717) is 42.1 Å². The van der Waals surface area contributed by atoms with Crippen molar-refractivity contribution in [1.29, 1.82) is 0 Å². The van der Waals surface area contributed by atoms with E-state index in [1.54, 1.807) is 12.1 Å². The summed E-state index contributed by atoms with van der Waals surface area (Å²) in [6.07, 6.45) is 2.07. The van der Waals surface area contributed by atoms with Crippen LogP contribution in [0.3, 0.4) is 0 Å². The minimum Gasteiger partial charge on any atom is -0.379 e. The molecule has 3 heterocycles. The summed E-state index contributed by atoms with van der Waals surface area (Å²) in [5, 5.41) is 4.10. The summed E-state index contributed by atoms with van der Waals surface area (Å²) in [6, 6.07) is 8.89. The van der Waals surface area contributed by atoms with Gasteiger partial charge in [-0.05, 0) is 49.5 Å². The number of halogens is 1. The molecular formula is C19H23ClN4O3S2. The fraction of sp³-hybridized carbons (Fsp3) is 0.421. The Morgan fingerprint density at radius 1 is 1.21 bits per heavy atom. The lowest BCUT2D eigenvalue weighted by atomic mass is 10.1. The first-order valence-electron chi connectivity index (χ1n) is 9.48. The van der Waals surface area contributed by atoms with Crippen LogP contribution >= 0.6 is 23.8 Å². The van der Waals surface area contributed by atoms with Crippen LogP contribution in [0.5, 0.6) is 0 Å². The number of hydrogen-bond donors (Lipinski definition) is 1. The average molecular weight is 455 g/mol. The Bertz CT molecular complexity index is 1020. The lowest BCUT2D eigenvalue weighted by Crippen LogP contribution is -2.43. The van der Waals surface area contributed by atoms with Crippen LogP contribution in [0.1, 0.15) is 18.7 Å². The fourth-order valence-corrected chi connectivity index (χ4v) is 5.70. The molecule has 29 heavy (non-hydrogen) atoms. The van der Waals surface area contributed by atoms with E-state index in [9.17, 15) is 8.42 Å². The molecule has 7 nitrogen and oxygen atoms in total. The predicted molar refractivity (Wildman–Crippen MR) is 117 cm³/mol. The number of nitrogens with zero attached hydrogens (tertiary/aromatic N) is 3. The second-order valence-corrected chi connectivity index (χ2v) is 9.82. The Hall–Kier alpha value is -1.65. The van der Waals surface area contributed by atoms with Crippen LogP contribution in [0.25, 0.3) is 0 Å². The summed E-state index contributed by atoms with van der Waals surface area (Å²) in [7, 11) is -3.61. The summed E-state index contributed by atoms with van der Waals surface area (Å²) in [5.74, 6) is 0. The lowest BCUT2D eigenvalue weighted by Gasteiger charge is -2.37. The van der Waals surface area contributed by atoms with Crippen molar-refractivity contribution in [2.24, 2.45) is 0 Å². The van der Waals surface area contributed by atoms with Gasteiger partial charge in [-0.2, -0.15) is 4.31 Å². The van der Waals surface area contributed by atoms with Gasteiger partial charge in [0.05, 0.1) is 34.9 Å². The van der Waals surface area contributed by atoms with Gasteiger partial charge in [-0.3, -0.25) is 0 Å². The minimum atomic E-state index is -3.61. The van der Waals surface area contributed by atoms with E-state index in [1.807, 2.05) is 6.07 Å². The maximum absolute atomic E-state index is 13.0. The predicted octanol–water partition coefficient (Wildman–Crippen LogP) is 2.94. The van der Waals surface area contributed by atoms with Gasteiger partial charge in [-0.25, -0.2) is 8.42 Å². The molecule has 1 aromatic carbocycles. The van der Waals surface area contributed by atoms with Crippen molar-refractivity contribution in [3.05, 3.63) is 47.2 Å². The Kier molecular flexibility index (Phi) is 5.85. The number of nitrogens with one attached hydrogen (secondary N) is 1. The van der Waals surface area contributed by atoms with Crippen LogP contribution in [0, 0.1) is 0 Å². The second kappa shape index (κ2) is 8.23. The van der Waals surface area contributed by atoms with Crippen LogP contribution in [-0.4, -0.2) is 60.2 Å². The van der Waals surface area contributed by atoms with E-state index in [-0.39, 0.29) is 10.9 Å². The molecule has 1 N–H and O–H groups in total. The lowest BCUT2D eigenvalue weighted by molar-refractivity contribution is 0.0730. The summed E-state index contributed by atoms with van der Waals surface area (Å²) in [6.45, 7) is 5.19. The quantitative estimate of drug-likeness (QED) is 0.719. The van der Waals surface area contributed by atoms with E-state index in [2.05, 4.69) is 34.0 Å². The Balaban J connectivity index is 1.55. The SMILES string of the molecule is CC1c2cccn2CCN1C(=S)Nc1cc(S(=O)(=O)N2CCOCC2)ccc1Cl. The molecule has 1 unspecified atom stereocenters. The van der Waals surface area contributed by atoms with E-state index in [0.717, 1.165) is 13.1 Å². The molecule has 0 saturated carbocycles. The van der Waals surface area contributed by atoms with Gasteiger partial charge in [-0.1, -0.05) is 11.6 Å². The first kappa shape index (κ1) is 20.6. The molecule has 0 aliphatic carbocycles. The topological polar surface area (TPSA) is 66.8 Å².